The fourth-order valence-electron chi connectivity index (χ4n) is 1.38. The van der Waals surface area contributed by atoms with Crippen LogP contribution in [0.1, 0.15) is 18.1 Å². The minimum Gasteiger partial charge on any atom is -0.396 e. The van der Waals surface area contributed by atoms with Gasteiger partial charge in [0.05, 0.1) is 11.0 Å². The molecule has 0 saturated heterocycles. The topological polar surface area (TPSA) is 95.6 Å². The third-order valence-corrected chi connectivity index (χ3v) is 2.34. The molecule has 0 radical (unpaired) electrons. The van der Waals surface area contributed by atoms with Crippen LogP contribution in [0, 0.1) is 10.1 Å². The number of nitrogens with one attached hydrogen (secondary N) is 1. The molecule has 0 aliphatic carbocycles. The van der Waals surface area contributed by atoms with Crippen LogP contribution in [0.2, 0.25) is 0 Å². The number of benzene rings is 1. The molecule has 0 amide bonds. The van der Waals surface area contributed by atoms with Gasteiger partial charge in [0.1, 0.15) is 0 Å². The van der Waals surface area contributed by atoms with E-state index in [2.05, 4.69) is 5.32 Å². The average molecular weight is 240 g/mol. The average Bonchev–Trinajstić information content (AvgIpc) is 2.34. The first-order chi connectivity index (χ1) is 8.15. The van der Waals surface area contributed by atoms with Gasteiger partial charge in [-0.25, -0.2) is 0 Å². The molecular formula is C11H16N2O4. The Labute approximate surface area is 99.0 Å². The summed E-state index contributed by atoms with van der Waals surface area (Å²) in [6.07, 6.45) is -0.0676. The Bertz CT molecular complexity index is 353. The Morgan fingerprint density at radius 1 is 1.35 bits per heavy atom. The molecule has 1 unspecified atom stereocenters. The molecule has 17 heavy (non-hydrogen) atoms. The van der Waals surface area contributed by atoms with E-state index in [4.69, 9.17) is 5.11 Å². The standard InChI is InChI=1S/C11H16N2O4/c14-7-1-6-12-8-11(15)9-2-4-10(5-3-9)13(16)17/h2-5,11-12,14-15H,1,6-8H2. The molecule has 6 heteroatoms. The highest BCUT2D eigenvalue weighted by atomic mass is 16.6. The lowest BCUT2D eigenvalue weighted by Gasteiger charge is -2.11. The molecule has 0 saturated carbocycles. The van der Waals surface area contributed by atoms with E-state index in [1.807, 2.05) is 0 Å². The van der Waals surface area contributed by atoms with Gasteiger partial charge in [0, 0.05) is 25.3 Å². The van der Waals surface area contributed by atoms with E-state index in [0.717, 1.165) is 0 Å². The fraction of sp³-hybridized carbons (Fsp3) is 0.455. The van der Waals surface area contributed by atoms with Gasteiger partial charge in [-0.1, -0.05) is 0 Å². The lowest BCUT2D eigenvalue weighted by molar-refractivity contribution is -0.384. The van der Waals surface area contributed by atoms with E-state index >= 15 is 0 Å². The fourth-order valence-corrected chi connectivity index (χ4v) is 1.38. The van der Waals surface area contributed by atoms with Crippen molar-refractivity contribution in [1.29, 1.82) is 0 Å². The second-order valence-corrected chi connectivity index (χ2v) is 3.65. The van der Waals surface area contributed by atoms with E-state index < -0.39 is 11.0 Å². The van der Waals surface area contributed by atoms with E-state index in [-0.39, 0.29) is 12.3 Å². The number of nitro benzene ring substituents is 1. The molecule has 1 aromatic carbocycles. The third kappa shape index (κ3) is 4.48. The first kappa shape index (κ1) is 13.6. The highest BCUT2D eigenvalue weighted by Gasteiger charge is 2.09. The van der Waals surface area contributed by atoms with E-state index in [9.17, 15) is 15.2 Å². The summed E-state index contributed by atoms with van der Waals surface area (Å²) in [5.41, 5.74) is 0.640. The zero-order chi connectivity index (χ0) is 12.7. The van der Waals surface area contributed by atoms with Crippen molar-refractivity contribution in [3.8, 4) is 0 Å². The van der Waals surface area contributed by atoms with Crippen LogP contribution >= 0.6 is 0 Å². The van der Waals surface area contributed by atoms with Crippen molar-refractivity contribution >= 4 is 5.69 Å². The Hall–Kier alpha value is -1.50. The number of nitro groups is 1. The van der Waals surface area contributed by atoms with Crippen LogP contribution in [0.25, 0.3) is 0 Å². The van der Waals surface area contributed by atoms with Crippen LogP contribution in [0.15, 0.2) is 24.3 Å². The molecule has 0 aliphatic rings. The van der Waals surface area contributed by atoms with E-state index in [1.54, 1.807) is 0 Å². The summed E-state index contributed by atoms with van der Waals surface area (Å²) in [5.74, 6) is 0. The lowest BCUT2D eigenvalue weighted by atomic mass is 10.1. The Balaban J connectivity index is 2.46. The van der Waals surface area contributed by atoms with E-state index in [1.165, 1.54) is 24.3 Å². The number of hydrogen-bond donors (Lipinski definition) is 3. The number of nitrogens with zero attached hydrogens (tertiary/aromatic N) is 1. The highest BCUT2D eigenvalue weighted by molar-refractivity contribution is 5.33. The number of aliphatic hydroxyl groups is 2. The van der Waals surface area contributed by atoms with Crippen LogP contribution in [0.4, 0.5) is 5.69 Å². The van der Waals surface area contributed by atoms with Crippen molar-refractivity contribution in [3.63, 3.8) is 0 Å². The normalized spacial score (nSPS) is 12.4. The Morgan fingerprint density at radius 3 is 2.53 bits per heavy atom. The largest absolute Gasteiger partial charge is 0.396 e. The molecule has 0 bridgehead atoms. The summed E-state index contributed by atoms with van der Waals surface area (Å²) in [5, 5.41) is 31.7. The molecule has 1 aromatic rings. The summed E-state index contributed by atoms with van der Waals surface area (Å²) < 4.78 is 0. The number of non-ortho nitro benzene ring substituents is 1. The second-order valence-electron chi connectivity index (χ2n) is 3.65. The zero-order valence-electron chi connectivity index (χ0n) is 9.37. The SMILES string of the molecule is O=[N+]([O-])c1ccc(C(O)CNCCCO)cc1. The van der Waals surface area contributed by atoms with Crippen LogP contribution in [-0.4, -0.2) is 34.8 Å². The third-order valence-electron chi connectivity index (χ3n) is 2.34. The molecular weight excluding hydrogens is 224 g/mol. The summed E-state index contributed by atoms with van der Waals surface area (Å²) in [6.45, 7) is 1.10. The van der Waals surface area contributed by atoms with Crippen molar-refractivity contribution in [2.75, 3.05) is 19.7 Å². The van der Waals surface area contributed by atoms with Gasteiger partial charge < -0.3 is 15.5 Å². The van der Waals surface area contributed by atoms with Crippen molar-refractivity contribution in [2.24, 2.45) is 0 Å². The van der Waals surface area contributed by atoms with Crippen LogP contribution in [0.3, 0.4) is 0 Å². The molecule has 0 fully saturated rings. The van der Waals surface area contributed by atoms with Crippen molar-refractivity contribution in [1.82, 2.24) is 5.32 Å². The molecule has 0 aromatic heterocycles. The monoisotopic (exact) mass is 240 g/mol. The summed E-state index contributed by atoms with van der Waals surface area (Å²) in [7, 11) is 0. The molecule has 94 valence electrons. The van der Waals surface area contributed by atoms with Gasteiger partial charge in [0.2, 0.25) is 0 Å². The predicted molar refractivity (Wildman–Crippen MR) is 62.6 cm³/mol. The first-order valence-corrected chi connectivity index (χ1v) is 5.39. The van der Waals surface area contributed by atoms with Crippen LogP contribution < -0.4 is 5.32 Å². The first-order valence-electron chi connectivity index (χ1n) is 5.39. The van der Waals surface area contributed by atoms with Crippen molar-refractivity contribution < 1.29 is 15.1 Å². The molecule has 0 aliphatic heterocycles. The highest BCUT2D eigenvalue weighted by Crippen LogP contribution is 2.17. The number of aliphatic hydroxyl groups excluding tert-OH is 2. The molecule has 0 spiro atoms. The van der Waals surface area contributed by atoms with E-state index in [0.29, 0.717) is 25.1 Å². The maximum absolute atomic E-state index is 10.4. The molecule has 1 rings (SSSR count). The number of hydrogen-bond acceptors (Lipinski definition) is 5. The smallest absolute Gasteiger partial charge is 0.269 e. The number of rotatable bonds is 7. The maximum Gasteiger partial charge on any atom is 0.269 e. The Morgan fingerprint density at radius 2 is 2.00 bits per heavy atom. The van der Waals surface area contributed by atoms with Gasteiger partial charge in [0.15, 0.2) is 0 Å². The van der Waals surface area contributed by atoms with Crippen molar-refractivity contribution in [3.05, 3.63) is 39.9 Å². The molecule has 0 heterocycles. The second kappa shape index (κ2) is 6.95. The molecule has 1 atom stereocenters. The predicted octanol–water partition coefficient (Wildman–Crippen LogP) is 0.600. The van der Waals surface area contributed by atoms with Crippen molar-refractivity contribution in [2.45, 2.75) is 12.5 Å². The minimum atomic E-state index is -0.700. The summed E-state index contributed by atoms with van der Waals surface area (Å²) >= 11 is 0. The Kier molecular flexibility index (Phi) is 5.55. The van der Waals surface area contributed by atoms with Gasteiger partial charge in [-0.05, 0) is 30.7 Å². The van der Waals surface area contributed by atoms with Crippen LogP contribution in [0.5, 0.6) is 0 Å². The summed E-state index contributed by atoms with van der Waals surface area (Å²) in [6, 6.07) is 5.81. The molecule has 3 N–H and O–H groups in total. The van der Waals surface area contributed by atoms with Crippen LogP contribution in [-0.2, 0) is 0 Å². The quantitative estimate of drug-likeness (QED) is 0.368. The van der Waals surface area contributed by atoms with Gasteiger partial charge >= 0.3 is 0 Å². The zero-order valence-corrected chi connectivity index (χ0v) is 9.37. The molecule has 6 nitrogen and oxygen atoms in total. The lowest BCUT2D eigenvalue weighted by Crippen LogP contribution is -2.23. The van der Waals surface area contributed by atoms with Gasteiger partial charge in [-0.15, -0.1) is 0 Å². The maximum atomic E-state index is 10.4. The minimum absolute atomic E-state index is 0.00851. The summed E-state index contributed by atoms with van der Waals surface area (Å²) in [4.78, 5) is 9.96. The van der Waals surface area contributed by atoms with Gasteiger partial charge in [-0.3, -0.25) is 10.1 Å². The van der Waals surface area contributed by atoms with Gasteiger partial charge in [0.25, 0.3) is 5.69 Å². The van der Waals surface area contributed by atoms with Gasteiger partial charge in [-0.2, -0.15) is 0 Å².